The third-order valence-corrected chi connectivity index (χ3v) is 6.98. The Hall–Kier alpha value is -2.91. The van der Waals surface area contributed by atoms with E-state index in [1.807, 2.05) is 13.8 Å². The first kappa shape index (κ1) is 17.5. The molecular weight excluding hydrogens is 352 g/mol. The number of rotatable bonds is 3. The van der Waals surface area contributed by atoms with Crippen LogP contribution < -0.4 is 4.74 Å². The van der Waals surface area contributed by atoms with Gasteiger partial charge >= 0.3 is 5.97 Å². The second kappa shape index (κ2) is 7.01. The summed E-state index contributed by atoms with van der Waals surface area (Å²) in [5, 5.41) is 2.63. The van der Waals surface area contributed by atoms with Gasteiger partial charge in [0.2, 0.25) is 0 Å². The van der Waals surface area contributed by atoms with Crippen molar-refractivity contribution < 1.29 is 9.53 Å². The maximum Gasteiger partial charge on any atom is 0.335 e. The van der Waals surface area contributed by atoms with Crippen molar-refractivity contribution >= 4 is 36.6 Å². The van der Waals surface area contributed by atoms with Crippen LogP contribution in [0.2, 0.25) is 0 Å². The molecule has 0 saturated heterocycles. The van der Waals surface area contributed by atoms with Crippen LogP contribution in [0, 0.1) is 13.8 Å². The Morgan fingerprint density at radius 3 is 1.93 bits per heavy atom. The number of hydrogen-bond acceptors (Lipinski definition) is 2. The highest BCUT2D eigenvalue weighted by molar-refractivity contribution is 7.50. The molecule has 27 heavy (non-hydrogen) atoms. The third-order valence-electron chi connectivity index (χ3n) is 4.68. The molecule has 0 N–H and O–H groups in total. The number of ether oxygens (including phenoxy) is 1. The molecule has 0 bridgehead atoms. The summed E-state index contributed by atoms with van der Waals surface area (Å²) in [5.74, 6) is 0.321. The lowest BCUT2D eigenvalue weighted by molar-refractivity contribution is -0.129. The number of carbonyl (C=O) groups excluding carboxylic acids is 1. The average molecular weight is 373 g/mol. The maximum absolute atomic E-state index is 11.9. The second-order valence-electron chi connectivity index (χ2n) is 6.61. The molecule has 1 heterocycles. The molecule has 0 radical (unpaired) electrons. The van der Waals surface area contributed by atoms with Gasteiger partial charge in [-0.25, -0.2) is 4.79 Å². The van der Waals surface area contributed by atoms with Crippen molar-refractivity contribution in [1.29, 1.82) is 0 Å². The van der Waals surface area contributed by atoms with Crippen LogP contribution in [0.4, 0.5) is 0 Å². The van der Waals surface area contributed by atoms with Crippen LogP contribution in [-0.2, 0) is 4.79 Å². The van der Waals surface area contributed by atoms with Crippen molar-refractivity contribution in [2.24, 2.45) is 0 Å². The first-order valence-corrected chi connectivity index (χ1v) is 10.2. The van der Waals surface area contributed by atoms with E-state index in [4.69, 9.17) is 4.74 Å². The minimum absolute atomic E-state index is 0.140. The van der Waals surface area contributed by atoms with Gasteiger partial charge in [-0.3, -0.25) is 0 Å². The molecule has 0 aliphatic heterocycles. The second-order valence-corrected chi connectivity index (χ2v) is 8.57. The van der Waals surface area contributed by atoms with Gasteiger partial charge in [0.25, 0.3) is 0 Å². The molecule has 4 aromatic rings. The number of benzene rings is 3. The fourth-order valence-corrected chi connectivity index (χ4v) is 6.13. The van der Waals surface area contributed by atoms with E-state index < -0.39 is 0 Å². The zero-order valence-corrected chi connectivity index (χ0v) is 16.5. The summed E-state index contributed by atoms with van der Waals surface area (Å²) >= 11 is 0. The van der Waals surface area contributed by atoms with E-state index in [1.54, 1.807) is 13.0 Å². The average Bonchev–Trinajstić information content (AvgIpc) is 2.99. The molecule has 2 nitrogen and oxygen atoms in total. The van der Waals surface area contributed by atoms with Gasteiger partial charge in [-0.05, 0) is 56.2 Å². The van der Waals surface area contributed by atoms with Crippen LogP contribution in [0.15, 0.2) is 72.8 Å². The van der Waals surface area contributed by atoms with Gasteiger partial charge in [-0.1, -0.05) is 30.3 Å². The zero-order chi connectivity index (χ0) is 19.0. The summed E-state index contributed by atoms with van der Waals surface area (Å²) in [4.78, 5) is 13.1. The predicted molar refractivity (Wildman–Crippen MR) is 115 cm³/mol. The highest BCUT2D eigenvalue weighted by Crippen LogP contribution is 2.49. The SMILES string of the molecule is C/C=C/C(=O)Oc1c(C)cc(-[s+]2c3ccccc3c3ccccc32)cc1C. The minimum Gasteiger partial charge on any atom is -0.423 e. The molecule has 3 heteroatoms. The zero-order valence-electron chi connectivity index (χ0n) is 15.7. The van der Waals surface area contributed by atoms with Crippen molar-refractivity contribution in [2.75, 3.05) is 0 Å². The Labute approximate surface area is 161 Å². The van der Waals surface area contributed by atoms with E-state index in [0.29, 0.717) is 5.75 Å². The summed E-state index contributed by atoms with van der Waals surface area (Å²) in [6.07, 6.45) is 3.13. The highest BCUT2D eigenvalue weighted by atomic mass is 32.2. The van der Waals surface area contributed by atoms with Crippen molar-refractivity contribution in [1.82, 2.24) is 0 Å². The molecule has 0 aliphatic rings. The summed E-state index contributed by atoms with van der Waals surface area (Å²) in [7, 11) is -0.140. The van der Waals surface area contributed by atoms with E-state index in [-0.39, 0.29) is 16.4 Å². The fourth-order valence-electron chi connectivity index (χ4n) is 3.57. The van der Waals surface area contributed by atoms with Crippen molar-refractivity contribution in [2.45, 2.75) is 20.8 Å². The molecule has 0 aliphatic carbocycles. The van der Waals surface area contributed by atoms with Gasteiger partial charge in [0.05, 0.1) is 0 Å². The predicted octanol–water partition coefficient (Wildman–Crippen LogP) is 6.83. The van der Waals surface area contributed by atoms with Crippen LogP contribution in [0.25, 0.3) is 25.1 Å². The number of thiophene rings is 1. The van der Waals surface area contributed by atoms with E-state index in [2.05, 4.69) is 60.7 Å². The third kappa shape index (κ3) is 3.04. The lowest BCUT2D eigenvalue weighted by Crippen LogP contribution is -2.06. The van der Waals surface area contributed by atoms with Crippen LogP contribution >= 0.6 is 10.5 Å². The molecule has 0 fully saturated rings. The minimum atomic E-state index is -0.338. The number of allylic oxidation sites excluding steroid dienone is 1. The first-order chi connectivity index (χ1) is 13.1. The number of carbonyl (C=O) groups is 1. The van der Waals surface area contributed by atoms with Gasteiger partial charge < -0.3 is 4.74 Å². The molecule has 1 aromatic heterocycles. The maximum atomic E-state index is 11.9. The Bertz CT molecular complexity index is 1120. The van der Waals surface area contributed by atoms with Crippen LogP contribution in [0.1, 0.15) is 18.1 Å². The lowest BCUT2D eigenvalue weighted by atomic mass is 10.1. The number of esters is 1. The summed E-state index contributed by atoms with van der Waals surface area (Å²) < 4.78 is 8.27. The quantitative estimate of drug-likeness (QED) is 0.170. The van der Waals surface area contributed by atoms with Crippen LogP contribution in [0.3, 0.4) is 0 Å². The molecule has 134 valence electrons. The van der Waals surface area contributed by atoms with Crippen LogP contribution in [-0.4, -0.2) is 5.97 Å². The highest BCUT2D eigenvalue weighted by Gasteiger charge is 2.24. The van der Waals surface area contributed by atoms with Gasteiger partial charge in [-0.15, -0.1) is 0 Å². The monoisotopic (exact) mass is 373 g/mol. The standard InChI is InChI=1S/C24H21O2S/c1-4-9-23(25)26-24-16(2)14-18(15-17(24)3)27-21-12-7-5-10-19(21)20-11-6-8-13-22(20)27/h4-15H,1-3H3/q+1/b9-4+. The largest absolute Gasteiger partial charge is 0.423 e. The fraction of sp³-hybridized carbons (Fsp3) is 0.125. The smallest absolute Gasteiger partial charge is 0.335 e. The Balaban J connectivity index is 1.93. The van der Waals surface area contributed by atoms with E-state index >= 15 is 0 Å². The number of fused-ring (bicyclic) bond motifs is 3. The van der Waals surface area contributed by atoms with Gasteiger partial charge in [0.15, 0.2) is 14.3 Å². The number of aryl methyl sites for hydroxylation is 2. The Morgan fingerprint density at radius 1 is 0.889 bits per heavy atom. The van der Waals surface area contributed by atoms with Crippen molar-refractivity contribution in [3.8, 4) is 10.6 Å². The van der Waals surface area contributed by atoms with Crippen molar-refractivity contribution in [3.05, 3.63) is 83.9 Å². The summed E-state index contributed by atoms with van der Waals surface area (Å²) in [6, 6.07) is 21.6. The Morgan fingerprint density at radius 2 is 1.41 bits per heavy atom. The summed E-state index contributed by atoms with van der Waals surface area (Å²) in [6.45, 7) is 5.82. The van der Waals surface area contributed by atoms with Gasteiger partial charge in [0.1, 0.15) is 5.75 Å². The molecule has 3 aromatic carbocycles. The van der Waals surface area contributed by atoms with E-state index in [0.717, 1.165) is 11.1 Å². The first-order valence-electron chi connectivity index (χ1n) is 8.98. The molecule has 0 amide bonds. The molecule has 4 rings (SSSR count). The van der Waals surface area contributed by atoms with Gasteiger partial charge in [-0.2, -0.15) is 0 Å². The molecule has 0 spiro atoms. The van der Waals surface area contributed by atoms with E-state index in [9.17, 15) is 4.79 Å². The molecule has 0 unspecified atom stereocenters. The normalized spacial score (nSPS) is 11.5. The summed E-state index contributed by atoms with van der Waals surface area (Å²) in [5.41, 5.74) is 1.97. The molecule has 0 atom stereocenters. The van der Waals surface area contributed by atoms with Gasteiger partial charge in [0, 0.05) is 39.5 Å². The Kier molecular flexibility index (Phi) is 4.54. The van der Waals surface area contributed by atoms with Crippen LogP contribution in [0.5, 0.6) is 5.75 Å². The number of hydrogen-bond donors (Lipinski definition) is 0. The molecule has 0 saturated carbocycles. The topological polar surface area (TPSA) is 26.3 Å². The lowest BCUT2D eigenvalue weighted by Gasteiger charge is -2.09. The van der Waals surface area contributed by atoms with Crippen molar-refractivity contribution in [3.63, 3.8) is 0 Å². The van der Waals surface area contributed by atoms with E-state index in [1.165, 1.54) is 31.1 Å². The molecular formula is C24H21O2S+.